The van der Waals surface area contributed by atoms with Crippen LogP contribution >= 0.6 is 11.5 Å². The Morgan fingerprint density at radius 1 is 1.10 bits per heavy atom. The molecule has 0 saturated carbocycles. The molecule has 0 radical (unpaired) electrons. The minimum absolute atomic E-state index is 0.0382. The standard InChI is InChI=1S/C21H23N3O4S/c1-13(2)22-20(25)15-8-9-17(27-4)18(12-15)28-21-23-19(24-29-21)11-14-6-5-7-16(10-14)26-3/h5-10,12-13H,11H2,1-4H3,(H,22,25). The Hall–Kier alpha value is -3.13. The molecule has 3 aromatic rings. The lowest BCUT2D eigenvalue weighted by atomic mass is 10.1. The van der Waals surface area contributed by atoms with Crippen molar-refractivity contribution < 1.29 is 19.0 Å². The van der Waals surface area contributed by atoms with Crippen LogP contribution in [0.5, 0.6) is 22.4 Å². The number of rotatable bonds is 8. The van der Waals surface area contributed by atoms with Crippen LogP contribution in [0.2, 0.25) is 0 Å². The molecule has 0 aliphatic rings. The van der Waals surface area contributed by atoms with E-state index in [9.17, 15) is 4.79 Å². The number of ether oxygens (including phenoxy) is 3. The van der Waals surface area contributed by atoms with E-state index in [0.717, 1.165) is 22.8 Å². The predicted octanol–water partition coefficient (Wildman–Crippen LogP) is 4.08. The number of hydrogen-bond donors (Lipinski definition) is 1. The van der Waals surface area contributed by atoms with Crippen molar-refractivity contribution in [2.24, 2.45) is 0 Å². The summed E-state index contributed by atoms with van der Waals surface area (Å²) >= 11 is 1.15. The number of aromatic nitrogens is 2. The molecule has 7 nitrogen and oxygen atoms in total. The van der Waals surface area contributed by atoms with Crippen LogP contribution in [0.25, 0.3) is 0 Å². The second-order valence-corrected chi connectivity index (χ2v) is 7.32. The van der Waals surface area contributed by atoms with Crippen molar-refractivity contribution in [1.29, 1.82) is 0 Å². The maximum absolute atomic E-state index is 12.3. The Morgan fingerprint density at radius 2 is 1.93 bits per heavy atom. The van der Waals surface area contributed by atoms with Gasteiger partial charge in [-0.25, -0.2) is 0 Å². The number of nitrogens with one attached hydrogen (secondary N) is 1. The van der Waals surface area contributed by atoms with Gasteiger partial charge in [0.25, 0.3) is 11.1 Å². The highest BCUT2D eigenvalue weighted by Crippen LogP contribution is 2.33. The zero-order chi connectivity index (χ0) is 20.8. The summed E-state index contributed by atoms with van der Waals surface area (Å²) in [5.41, 5.74) is 1.52. The van der Waals surface area contributed by atoms with Crippen molar-refractivity contribution in [2.45, 2.75) is 26.3 Å². The van der Waals surface area contributed by atoms with Gasteiger partial charge in [-0.15, -0.1) is 0 Å². The zero-order valence-corrected chi connectivity index (χ0v) is 17.6. The summed E-state index contributed by atoms with van der Waals surface area (Å²) in [6.07, 6.45) is 0.561. The topological polar surface area (TPSA) is 82.6 Å². The van der Waals surface area contributed by atoms with Crippen molar-refractivity contribution in [3.05, 3.63) is 59.4 Å². The number of methoxy groups -OCH3 is 2. The van der Waals surface area contributed by atoms with Crippen molar-refractivity contribution >= 4 is 17.4 Å². The molecule has 0 fully saturated rings. The van der Waals surface area contributed by atoms with Crippen LogP contribution < -0.4 is 19.5 Å². The highest BCUT2D eigenvalue weighted by Gasteiger charge is 2.15. The van der Waals surface area contributed by atoms with Crippen molar-refractivity contribution in [3.8, 4) is 22.4 Å². The van der Waals surface area contributed by atoms with E-state index in [2.05, 4.69) is 14.7 Å². The van der Waals surface area contributed by atoms with Crippen molar-refractivity contribution in [1.82, 2.24) is 14.7 Å². The first kappa shape index (κ1) is 20.6. The Labute approximate surface area is 173 Å². The van der Waals surface area contributed by atoms with E-state index in [4.69, 9.17) is 14.2 Å². The number of carbonyl (C=O) groups excluding carboxylic acids is 1. The molecule has 29 heavy (non-hydrogen) atoms. The first-order valence-electron chi connectivity index (χ1n) is 9.10. The summed E-state index contributed by atoms with van der Waals surface area (Å²) in [5.74, 6) is 2.17. The molecule has 1 N–H and O–H groups in total. The summed E-state index contributed by atoms with van der Waals surface area (Å²) in [6.45, 7) is 3.81. The summed E-state index contributed by atoms with van der Waals surface area (Å²) in [5, 5.41) is 3.23. The molecule has 0 aliphatic heterocycles. The minimum atomic E-state index is -0.177. The lowest BCUT2D eigenvalue weighted by molar-refractivity contribution is 0.0942. The smallest absolute Gasteiger partial charge is 0.298 e. The van der Waals surface area contributed by atoms with Gasteiger partial charge in [-0.05, 0) is 49.7 Å². The third-order valence-electron chi connectivity index (χ3n) is 3.99. The molecule has 0 bridgehead atoms. The van der Waals surface area contributed by atoms with E-state index in [-0.39, 0.29) is 11.9 Å². The van der Waals surface area contributed by atoms with E-state index in [1.807, 2.05) is 38.1 Å². The monoisotopic (exact) mass is 413 g/mol. The first-order valence-corrected chi connectivity index (χ1v) is 9.88. The molecule has 8 heteroatoms. The van der Waals surface area contributed by atoms with Crippen LogP contribution in [-0.4, -0.2) is 35.5 Å². The third kappa shape index (κ3) is 5.45. The van der Waals surface area contributed by atoms with Gasteiger partial charge in [-0.1, -0.05) is 12.1 Å². The number of nitrogens with zero attached hydrogens (tertiary/aromatic N) is 2. The van der Waals surface area contributed by atoms with Gasteiger partial charge >= 0.3 is 0 Å². The number of hydrogen-bond acceptors (Lipinski definition) is 7. The summed E-state index contributed by atoms with van der Waals surface area (Å²) in [7, 11) is 3.18. The van der Waals surface area contributed by atoms with Crippen LogP contribution in [-0.2, 0) is 6.42 Å². The molecule has 3 rings (SSSR count). The van der Waals surface area contributed by atoms with Crippen molar-refractivity contribution in [3.63, 3.8) is 0 Å². The minimum Gasteiger partial charge on any atom is -0.497 e. The van der Waals surface area contributed by atoms with Gasteiger partial charge < -0.3 is 19.5 Å². The SMILES string of the molecule is COc1cccc(Cc2nsc(Oc3cc(C(=O)NC(C)C)ccc3OC)n2)c1. The fourth-order valence-corrected chi connectivity index (χ4v) is 3.22. The van der Waals surface area contributed by atoms with E-state index < -0.39 is 0 Å². The fraction of sp³-hybridized carbons (Fsp3) is 0.286. The molecule has 1 amide bonds. The molecule has 0 atom stereocenters. The van der Waals surface area contributed by atoms with Gasteiger partial charge in [0.2, 0.25) is 0 Å². The Balaban J connectivity index is 1.76. The molecule has 0 aliphatic carbocycles. The molecule has 0 unspecified atom stereocenters. The second-order valence-electron chi connectivity index (χ2n) is 6.60. The quantitative estimate of drug-likeness (QED) is 0.599. The van der Waals surface area contributed by atoms with Gasteiger partial charge in [-0.3, -0.25) is 4.79 Å². The molecule has 0 spiro atoms. The summed E-state index contributed by atoms with van der Waals surface area (Å²) < 4.78 is 20.8. The van der Waals surface area contributed by atoms with Crippen LogP contribution in [0.1, 0.15) is 35.6 Å². The molecule has 1 aromatic heterocycles. The van der Waals surface area contributed by atoms with Crippen LogP contribution in [0.15, 0.2) is 42.5 Å². The van der Waals surface area contributed by atoms with Gasteiger partial charge in [0.05, 0.1) is 14.2 Å². The van der Waals surface area contributed by atoms with Crippen molar-refractivity contribution in [2.75, 3.05) is 14.2 Å². The van der Waals surface area contributed by atoms with Crippen LogP contribution in [0.4, 0.5) is 0 Å². The highest BCUT2D eigenvalue weighted by atomic mass is 32.1. The maximum Gasteiger partial charge on any atom is 0.298 e. The average molecular weight is 413 g/mol. The number of carbonyl (C=O) groups is 1. The van der Waals surface area contributed by atoms with E-state index in [1.54, 1.807) is 32.4 Å². The Kier molecular flexibility index (Phi) is 6.66. The van der Waals surface area contributed by atoms with E-state index >= 15 is 0 Å². The predicted molar refractivity (Wildman–Crippen MR) is 111 cm³/mol. The van der Waals surface area contributed by atoms with Crippen LogP contribution in [0, 0.1) is 0 Å². The first-order chi connectivity index (χ1) is 14.0. The summed E-state index contributed by atoms with van der Waals surface area (Å²) in [4.78, 5) is 16.7. The Bertz CT molecular complexity index is 988. The molecule has 2 aromatic carbocycles. The van der Waals surface area contributed by atoms with Gasteiger partial charge in [-0.2, -0.15) is 9.36 Å². The lowest BCUT2D eigenvalue weighted by Crippen LogP contribution is -2.30. The third-order valence-corrected chi connectivity index (χ3v) is 4.62. The van der Waals surface area contributed by atoms with E-state index in [0.29, 0.717) is 34.5 Å². The normalized spacial score (nSPS) is 10.7. The van der Waals surface area contributed by atoms with Crippen LogP contribution in [0.3, 0.4) is 0 Å². The maximum atomic E-state index is 12.3. The highest BCUT2D eigenvalue weighted by molar-refractivity contribution is 7.07. The largest absolute Gasteiger partial charge is 0.497 e. The molecule has 152 valence electrons. The number of benzene rings is 2. The zero-order valence-electron chi connectivity index (χ0n) is 16.8. The van der Waals surface area contributed by atoms with Gasteiger partial charge in [0.15, 0.2) is 17.3 Å². The number of amides is 1. The lowest BCUT2D eigenvalue weighted by Gasteiger charge is -2.12. The fourth-order valence-electron chi connectivity index (χ4n) is 2.65. The second kappa shape index (κ2) is 9.38. The molecular formula is C21H23N3O4S. The van der Waals surface area contributed by atoms with Gasteiger partial charge in [0, 0.05) is 29.6 Å². The molecular weight excluding hydrogens is 390 g/mol. The average Bonchev–Trinajstić information content (AvgIpc) is 3.14. The molecule has 1 heterocycles. The van der Waals surface area contributed by atoms with Gasteiger partial charge in [0.1, 0.15) is 5.75 Å². The Morgan fingerprint density at radius 3 is 2.66 bits per heavy atom. The van der Waals surface area contributed by atoms with E-state index in [1.165, 1.54) is 0 Å². The molecule has 0 saturated heterocycles. The summed E-state index contributed by atoms with van der Waals surface area (Å²) in [6, 6.07) is 12.8.